The molecule has 25 heavy (non-hydrogen) atoms. The van der Waals surface area contributed by atoms with Crippen LogP contribution in [0.2, 0.25) is 0 Å². The van der Waals surface area contributed by atoms with Crippen LogP contribution in [0.5, 0.6) is 5.88 Å². The predicted molar refractivity (Wildman–Crippen MR) is 88.5 cm³/mol. The summed E-state index contributed by atoms with van der Waals surface area (Å²) in [4.78, 5) is 30.6. The largest absolute Gasteiger partial charge is 0.481 e. The van der Waals surface area contributed by atoms with Crippen LogP contribution in [0, 0.1) is 12.7 Å². The molecule has 0 saturated carbocycles. The van der Waals surface area contributed by atoms with Gasteiger partial charge in [0.05, 0.1) is 18.2 Å². The van der Waals surface area contributed by atoms with E-state index in [0.29, 0.717) is 16.8 Å². The number of amides is 2. The van der Waals surface area contributed by atoms with Crippen LogP contribution < -0.4 is 4.74 Å². The fourth-order valence-corrected chi connectivity index (χ4v) is 2.92. The van der Waals surface area contributed by atoms with Gasteiger partial charge in [-0.3, -0.25) is 4.79 Å². The number of pyridine rings is 1. The second kappa shape index (κ2) is 6.54. The number of piperazine rings is 1. The molecular formula is C17H18FN3O4. The Kier molecular flexibility index (Phi) is 4.43. The molecule has 0 unspecified atom stereocenters. The third-order valence-corrected chi connectivity index (χ3v) is 4.31. The number of benzene rings is 1. The average molecular weight is 347 g/mol. The van der Waals surface area contributed by atoms with Gasteiger partial charge in [-0.25, -0.2) is 14.2 Å². The van der Waals surface area contributed by atoms with E-state index in [-0.39, 0.29) is 31.7 Å². The minimum absolute atomic E-state index is 0.0744. The second-order valence-electron chi connectivity index (χ2n) is 5.90. The first-order valence-electron chi connectivity index (χ1n) is 7.82. The molecule has 1 N–H and O–H groups in total. The number of methoxy groups -OCH3 is 1. The first kappa shape index (κ1) is 16.9. The number of halogens is 1. The molecular weight excluding hydrogens is 329 g/mol. The Bertz CT molecular complexity index is 847. The molecule has 0 atom stereocenters. The fourth-order valence-electron chi connectivity index (χ4n) is 2.92. The maximum atomic E-state index is 14.4. The van der Waals surface area contributed by atoms with E-state index in [1.165, 1.54) is 29.0 Å². The van der Waals surface area contributed by atoms with Gasteiger partial charge in [-0.1, -0.05) is 0 Å². The van der Waals surface area contributed by atoms with E-state index in [1.807, 2.05) is 6.92 Å². The summed E-state index contributed by atoms with van der Waals surface area (Å²) in [6.45, 7) is 2.69. The van der Waals surface area contributed by atoms with E-state index in [1.54, 1.807) is 6.07 Å². The molecule has 1 aromatic carbocycles. The lowest BCUT2D eigenvalue weighted by atomic mass is 10.1. The standard InChI is InChI=1S/C17H18FN3O4/c1-10-7-11-8-13(18)12(9-14(11)19-15(10)25-2)16(22)20-3-5-21(6-4-20)17(23)24/h7-9H,3-6H2,1-2H3,(H,23,24). The Morgan fingerprint density at radius 2 is 1.80 bits per heavy atom. The van der Waals surface area contributed by atoms with Gasteiger partial charge < -0.3 is 19.6 Å². The molecule has 132 valence electrons. The molecule has 2 heterocycles. The highest BCUT2D eigenvalue weighted by molar-refractivity contribution is 5.98. The van der Waals surface area contributed by atoms with Crippen molar-refractivity contribution in [2.75, 3.05) is 33.3 Å². The van der Waals surface area contributed by atoms with E-state index in [4.69, 9.17) is 9.84 Å². The Labute approximate surface area is 143 Å². The van der Waals surface area contributed by atoms with Gasteiger partial charge in [-0.2, -0.15) is 0 Å². The highest BCUT2D eigenvalue weighted by Crippen LogP contribution is 2.25. The van der Waals surface area contributed by atoms with Gasteiger partial charge in [0, 0.05) is 37.1 Å². The third kappa shape index (κ3) is 3.19. The van der Waals surface area contributed by atoms with Crippen LogP contribution in [0.1, 0.15) is 15.9 Å². The number of aromatic nitrogens is 1. The molecule has 3 rings (SSSR count). The molecule has 1 saturated heterocycles. The molecule has 1 aliphatic heterocycles. The monoisotopic (exact) mass is 347 g/mol. The van der Waals surface area contributed by atoms with Crippen LogP contribution in [0.25, 0.3) is 10.9 Å². The number of hydrogen-bond acceptors (Lipinski definition) is 4. The highest BCUT2D eigenvalue weighted by Gasteiger charge is 2.26. The Morgan fingerprint density at radius 1 is 1.16 bits per heavy atom. The smallest absolute Gasteiger partial charge is 0.407 e. The normalized spacial score (nSPS) is 14.7. The molecule has 1 aliphatic rings. The second-order valence-corrected chi connectivity index (χ2v) is 5.90. The van der Waals surface area contributed by atoms with E-state index < -0.39 is 17.8 Å². The van der Waals surface area contributed by atoms with Crippen LogP contribution in [0.4, 0.5) is 9.18 Å². The summed E-state index contributed by atoms with van der Waals surface area (Å²) in [5.74, 6) is -0.664. The number of ether oxygens (including phenoxy) is 1. The Hall–Kier alpha value is -2.90. The van der Waals surface area contributed by atoms with E-state index in [9.17, 15) is 14.0 Å². The van der Waals surface area contributed by atoms with E-state index >= 15 is 0 Å². The minimum atomic E-state index is -1.02. The fraction of sp³-hybridized carbons (Fsp3) is 0.353. The molecule has 1 fully saturated rings. The van der Waals surface area contributed by atoms with Crippen molar-refractivity contribution in [3.63, 3.8) is 0 Å². The minimum Gasteiger partial charge on any atom is -0.481 e. The first-order chi connectivity index (χ1) is 11.9. The summed E-state index contributed by atoms with van der Waals surface area (Å²) < 4.78 is 19.6. The van der Waals surface area contributed by atoms with Crippen molar-refractivity contribution in [3.8, 4) is 5.88 Å². The summed E-state index contributed by atoms with van der Waals surface area (Å²) >= 11 is 0. The number of aryl methyl sites for hydroxylation is 1. The van der Waals surface area contributed by atoms with Gasteiger partial charge in [0.2, 0.25) is 5.88 Å². The van der Waals surface area contributed by atoms with Crippen molar-refractivity contribution < 1.29 is 23.8 Å². The first-order valence-corrected chi connectivity index (χ1v) is 7.82. The lowest BCUT2D eigenvalue weighted by Gasteiger charge is -2.33. The molecule has 8 heteroatoms. The number of rotatable bonds is 2. The lowest BCUT2D eigenvalue weighted by Crippen LogP contribution is -2.50. The quantitative estimate of drug-likeness (QED) is 0.900. The van der Waals surface area contributed by atoms with E-state index in [0.717, 1.165) is 5.56 Å². The van der Waals surface area contributed by atoms with Crippen molar-refractivity contribution in [1.82, 2.24) is 14.8 Å². The van der Waals surface area contributed by atoms with Crippen molar-refractivity contribution in [2.24, 2.45) is 0 Å². The van der Waals surface area contributed by atoms with Gasteiger partial charge in [0.25, 0.3) is 5.91 Å². The van der Waals surface area contributed by atoms with Gasteiger partial charge in [-0.15, -0.1) is 0 Å². The van der Waals surface area contributed by atoms with Gasteiger partial charge in [-0.05, 0) is 25.1 Å². The SMILES string of the molecule is COc1nc2cc(C(=O)N3CCN(C(=O)O)CC3)c(F)cc2cc1C. The molecule has 0 spiro atoms. The van der Waals surface area contributed by atoms with Crippen molar-refractivity contribution in [3.05, 3.63) is 35.1 Å². The number of carbonyl (C=O) groups is 2. The molecule has 1 aromatic heterocycles. The van der Waals surface area contributed by atoms with Gasteiger partial charge >= 0.3 is 6.09 Å². The Balaban J connectivity index is 1.90. The average Bonchev–Trinajstić information content (AvgIpc) is 2.60. The zero-order valence-corrected chi connectivity index (χ0v) is 14.0. The maximum absolute atomic E-state index is 14.4. The maximum Gasteiger partial charge on any atom is 0.407 e. The third-order valence-electron chi connectivity index (χ3n) is 4.31. The van der Waals surface area contributed by atoms with Crippen LogP contribution in [-0.4, -0.2) is 65.2 Å². The zero-order valence-electron chi connectivity index (χ0n) is 14.0. The molecule has 7 nitrogen and oxygen atoms in total. The molecule has 0 bridgehead atoms. The van der Waals surface area contributed by atoms with Gasteiger partial charge in [0.1, 0.15) is 5.82 Å². The summed E-state index contributed by atoms with van der Waals surface area (Å²) in [7, 11) is 1.50. The number of fused-ring (bicyclic) bond motifs is 1. The van der Waals surface area contributed by atoms with Crippen molar-refractivity contribution in [1.29, 1.82) is 0 Å². The molecule has 2 aromatic rings. The topological polar surface area (TPSA) is 83.0 Å². The van der Waals surface area contributed by atoms with E-state index in [2.05, 4.69) is 4.98 Å². The number of hydrogen-bond donors (Lipinski definition) is 1. The zero-order chi connectivity index (χ0) is 18.1. The molecule has 0 aliphatic carbocycles. The van der Waals surface area contributed by atoms with Crippen LogP contribution >= 0.6 is 0 Å². The van der Waals surface area contributed by atoms with Crippen LogP contribution in [-0.2, 0) is 0 Å². The summed E-state index contributed by atoms with van der Waals surface area (Å²) in [5, 5.41) is 9.54. The van der Waals surface area contributed by atoms with Crippen molar-refractivity contribution >= 4 is 22.9 Å². The predicted octanol–water partition coefficient (Wildman–Crippen LogP) is 2.13. The Morgan fingerprint density at radius 3 is 2.40 bits per heavy atom. The van der Waals surface area contributed by atoms with Gasteiger partial charge in [0.15, 0.2) is 0 Å². The number of carbonyl (C=O) groups excluding carboxylic acids is 1. The van der Waals surface area contributed by atoms with Crippen LogP contribution in [0.3, 0.4) is 0 Å². The summed E-state index contributed by atoms with van der Waals surface area (Å²) in [6, 6.07) is 4.46. The summed E-state index contributed by atoms with van der Waals surface area (Å²) in [5.41, 5.74) is 1.17. The number of nitrogens with zero attached hydrogens (tertiary/aromatic N) is 3. The van der Waals surface area contributed by atoms with Crippen molar-refractivity contribution in [2.45, 2.75) is 6.92 Å². The number of carboxylic acid groups (broad SMARTS) is 1. The lowest BCUT2D eigenvalue weighted by molar-refractivity contribution is 0.0620. The highest BCUT2D eigenvalue weighted by atomic mass is 19.1. The summed E-state index contributed by atoms with van der Waals surface area (Å²) in [6.07, 6.45) is -1.02. The molecule has 0 radical (unpaired) electrons. The van der Waals surface area contributed by atoms with Crippen LogP contribution in [0.15, 0.2) is 18.2 Å². The molecule has 2 amide bonds.